The van der Waals surface area contributed by atoms with E-state index in [0.717, 1.165) is 16.7 Å². The summed E-state index contributed by atoms with van der Waals surface area (Å²) in [7, 11) is 0. The molecule has 162 valence electrons. The zero-order valence-corrected chi connectivity index (χ0v) is 18.1. The molecule has 32 heavy (non-hydrogen) atoms. The number of carboxylic acids is 1. The molecule has 0 saturated carbocycles. The normalized spacial score (nSPS) is 15.7. The third-order valence-corrected chi connectivity index (χ3v) is 5.87. The SMILES string of the molecule is Cc1ccccc1CC1C(=O)Nc2cc(Cl)ccc2C(=O)N1Cc1ccc(C(=O)O)cc1. The number of carbonyl (C=O) groups excluding carboxylic acids is 2. The minimum Gasteiger partial charge on any atom is -0.478 e. The predicted octanol–water partition coefficient (Wildman–Crippen LogP) is 4.55. The van der Waals surface area contributed by atoms with Crippen molar-refractivity contribution in [3.8, 4) is 0 Å². The number of hydrogen-bond donors (Lipinski definition) is 2. The zero-order valence-electron chi connectivity index (χ0n) is 17.3. The molecule has 0 aliphatic carbocycles. The van der Waals surface area contributed by atoms with Gasteiger partial charge in [0.1, 0.15) is 6.04 Å². The Hall–Kier alpha value is -3.64. The lowest BCUT2D eigenvalue weighted by Gasteiger charge is -2.29. The summed E-state index contributed by atoms with van der Waals surface area (Å²) in [5.41, 5.74) is 3.62. The summed E-state index contributed by atoms with van der Waals surface area (Å²) in [5.74, 6) is -1.62. The molecule has 1 heterocycles. The number of anilines is 1. The van der Waals surface area contributed by atoms with E-state index in [4.69, 9.17) is 16.7 Å². The number of carboxylic acid groups (broad SMARTS) is 1. The maximum Gasteiger partial charge on any atom is 0.335 e. The molecule has 7 heteroatoms. The van der Waals surface area contributed by atoms with Crippen LogP contribution in [0.25, 0.3) is 0 Å². The predicted molar refractivity (Wildman–Crippen MR) is 122 cm³/mol. The first-order chi connectivity index (χ1) is 15.3. The van der Waals surface area contributed by atoms with Crippen molar-refractivity contribution in [1.29, 1.82) is 0 Å². The van der Waals surface area contributed by atoms with Crippen molar-refractivity contribution in [2.75, 3.05) is 5.32 Å². The van der Waals surface area contributed by atoms with E-state index in [1.807, 2.05) is 31.2 Å². The second-order valence-corrected chi connectivity index (χ2v) is 8.20. The van der Waals surface area contributed by atoms with E-state index in [2.05, 4.69) is 5.32 Å². The van der Waals surface area contributed by atoms with Gasteiger partial charge in [0.25, 0.3) is 5.91 Å². The fourth-order valence-corrected chi connectivity index (χ4v) is 4.01. The van der Waals surface area contributed by atoms with Crippen LogP contribution < -0.4 is 5.32 Å². The molecule has 1 aliphatic rings. The van der Waals surface area contributed by atoms with E-state index in [9.17, 15) is 14.4 Å². The monoisotopic (exact) mass is 448 g/mol. The van der Waals surface area contributed by atoms with Crippen molar-refractivity contribution in [3.63, 3.8) is 0 Å². The average molecular weight is 449 g/mol. The molecule has 3 aromatic carbocycles. The van der Waals surface area contributed by atoms with Crippen LogP contribution >= 0.6 is 11.6 Å². The van der Waals surface area contributed by atoms with Gasteiger partial charge in [0.2, 0.25) is 5.91 Å². The van der Waals surface area contributed by atoms with Crippen molar-refractivity contribution >= 4 is 35.1 Å². The standard InChI is InChI=1S/C25H21ClN2O4/c1-15-4-2-3-5-18(15)12-22-23(29)27-21-13-19(26)10-11-20(21)24(30)28(22)14-16-6-8-17(9-7-16)25(31)32/h2-11,13,22H,12,14H2,1H3,(H,27,29)(H,31,32). The summed E-state index contributed by atoms with van der Waals surface area (Å²) in [5, 5.41) is 12.4. The Morgan fingerprint density at radius 2 is 1.78 bits per heavy atom. The molecule has 0 aromatic heterocycles. The van der Waals surface area contributed by atoms with Gasteiger partial charge in [-0.15, -0.1) is 0 Å². The van der Waals surface area contributed by atoms with Crippen LogP contribution in [0, 0.1) is 6.92 Å². The van der Waals surface area contributed by atoms with Crippen LogP contribution in [0.5, 0.6) is 0 Å². The topological polar surface area (TPSA) is 86.7 Å². The number of fused-ring (bicyclic) bond motifs is 1. The van der Waals surface area contributed by atoms with Gasteiger partial charge in [-0.3, -0.25) is 9.59 Å². The first-order valence-corrected chi connectivity index (χ1v) is 10.5. The van der Waals surface area contributed by atoms with Gasteiger partial charge in [0, 0.05) is 18.0 Å². The molecule has 3 aromatic rings. The summed E-state index contributed by atoms with van der Waals surface area (Å²) in [4.78, 5) is 39.5. The molecule has 2 amide bonds. The lowest BCUT2D eigenvalue weighted by Crippen LogP contribution is -2.46. The van der Waals surface area contributed by atoms with Gasteiger partial charge < -0.3 is 15.3 Å². The van der Waals surface area contributed by atoms with Gasteiger partial charge in [-0.05, 0) is 53.9 Å². The van der Waals surface area contributed by atoms with Crippen LogP contribution in [-0.4, -0.2) is 33.8 Å². The van der Waals surface area contributed by atoms with E-state index in [-0.39, 0.29) is 23.9 Å². The van der Waals surface area contributed by atoms with E-state index in [1.165, 1.54) is 17.0 Å². The van der Waals surface area contributed by atoms with Crippen molar-refractivity contribution in [1.82, 2.24) is 4.90 Å². The van der Waals surface area contributed by atoms with Gasteiger partial charge in [-0.2, -0.15) is 0 Å². The molecule has 1 unspecified atom stereocenters. The van der Waals surface area contributed by atoms with Crippen molar-refractivity contribution in [2.24, 2.45) is 0 Å². The minimum atomic E-state index is -1.02. The highest BCUT2D eigenvalue weighted by atomic mass is 35.5. The molecule has 2 N–H and O–H groups in total. The highest BCUT2D eigenvalue weighted by Crippen LogP contribution is 2.29. The smallest absolute Gasteiger partial charge is 0.335 e. The number of nitrogens with one attached hydrogen (secondary N) is 1. The first-order valence-electron chi connectivity index (χ1n) is 10.1. The molecule has 0 radical (unpaired) electrons. The van der Waals surface area contributed by atoms with Gasteiger partial charge in [0.05, 0.1) is 16.8 Å². The maximum absolute atomic E-state index is 13.6. The summed E-state index contributed by atoms with van der Waals surface area (Å²) < 4.78 is 0. The van der Waals surface area contributed by atoms with Crippen LogP contribution in [0.2, 0.25) is 5.02 Å². The highest BCUT2D eigenvalue weighted by molar-refractivity contribution is 6.31. The van der Waals surface area contributed by atoms with Crippen LogP contribution in [0.15, 0.2) is 66.7 Å². The Balaban J connectivity index is 1.74. The fourth-order valence-electron chi connectivity index (χ4n) is 3.84. The molecule has 1 atom stereocenters. The summed E-state index contributed by atoms with van der Waals surface area (Å²) in [6.07, 6.45) is 0.346. The number of nitrogens with zero attached hydrogens (tertiary/aromatic N) is 1. The third-order valence-electron chi connectivity index (χ3n) is 5.64. The Bertz CT molecular complexity index is 1210. The average Bonchev–Trinajstić information content (AvgIpc) is 2.85. The van der Waals surface area contributed by atoms with E-state index >= 15 is 0 Å². The Morgan fingerprint density at radius 1 is 1.06 bits per heavy atom. The summed E-state index contributed by atoms with van der Waals surface area (Å²) in [6.45, 7) is 2.13. The second-order valence-electron chi connectivity index (χ2n) is 7.76. The van der Waals surface area contributed by atoms with Crippen molar-refractivity contribution in [3.05, 3.63) is 99.6 Å². The molecule has 0 bridgehead atoms. The first kappa shape index (κ1) is 21.6. The molecule has 6 nitrogen and oxygen atoms in total. The second kappa shape index (κ2) is 8.85. The lowest BCUT2D eigenvalue weighted by atomic mass is 9.99. The highest BCUT2D eigenvalue weighted by Gasteiger charge is 2.35. The summed E-state index contributed by atoms with van der Waals surface area (Å²) >= 11 is 6.09. The number of rotatable bonds is 5. The maximum atomic E-state index is 13.6. The molecular formula is C25H21ClN2O4. The van der Waals surface area contributed by atoms with Crippen LogP contribution in [-0.2, 0) is 17.8 Å². The molecule has 1 aliphatic heterocycles. The number of halogens is 1. The van der Waals surface area contributed by atoms with E-state index in [1.54, 1.807) is 30.3 Å². The van der Waals surface area contributed by atoms with Crippen LogP contribution in [0.1, 0.15) is 37.4 Å². The van der Waals surface area contributed by atoms with Gasteiger partial charge >= 0.3 is 5.97 Å². The Kier molecular flexibility index (Phi) is 5.97. The number of aryl methyl sites for hydroxylation is 1. The minimum absolute atomic E-state index is 0.158. The molecule has 0 saturated heterocycles. The number of hydrogen-bond acceptors (Lipinski definition) is 3. The van der Waals surface area contributed by atoms with Gasteiger partial charge in [-0.25, -0.2) is 4.79 Å². The lowest BCUT2D eigenvalue weighted by molar-refractivity contribution is -0.120. The van der Waals surface area contributed by atoms with Crippen molar-refractivity contribution in [2.45, 2.75) is 25.9 Å². The van der Waals surface area contributed by atoms with Crippen LogP contribution in [0.3, 0.4) is 0 Å². The Labute approximate surface area is 190 Å². The number of aromatic carboxylic acids is 1. The zero-order chi connectivity index (χ0) is 22.8. The fraction of sp³-hybridized carbons (Fsp3) is 0.160. The summed E-state index contributed by atoms with van der Waals surface area (Å²) in [6, 6.07) is 18.1. The van der Waals surface area contributed by atoms with Gasteiger partial charge in [-0.1, -0.05) is 48.0 Å². The molecule has 4 rings (SSSR count). The Morgan fingerprint density at radius 3 is 2.47 bits per heavy atom. The largest absolute Gasteiger partial charge is 0.478 e. The number of benzene rings is 3. The third kappa shape index (κ3) is 4.36. The van der Waals surface area contributed by atoms with Crippen LogP contribution in [0.4, 0.5) is 5.69 Å². The van der Waals surface area contributed by atoms with E-state index in [0.29, 0.717) is 22.7 Å². The molecular weight excluding hydrogens is 428 g/mol. The van der Waals surface area contributed by atoms with Gasteiger partial charge in [0.15, 0.2) is 0 Å². The quantitative estimate of drug-likeness (QED) is 0.599. The number of carbonyl (C=O) groups is 3. The number of amides is 2. The van der Waals surface area contributed by atoms with E-state index < -0.39 is 12.0 Å². The molecule has 0 spiro atoms. The van der Waals surface area contributed by atoms with Crippen molar-refractivity contribution < 1.29 is 19.5 Å². The molecule has 0 fully saturated rings.